The predicted octanol–water partition coefficient (Wildman–Crippen LogP) is 2.86. The number of urea groups is 1. The number of amides is 3. The molecule has 31 heavy (non-hydrogen) atoms. The van der Waals surface area contributed by atoms with Crippen LogP contribution in [0.3, 0.4) is 0 Å². The summed E-state index contributed by atoms with van der Waals surface area (Å²) < 4.78 is 22.9. The molecule has 3 aromatic rings. The highest BCUT2D eigenvalue weighted by Crippen LogP contribution is 2.35. The van der Waals surface area contributed by atoms with Crippen LogP contribution in [0.5, 0.6) is 0 Å². The number of nitrogens with zero attached hydrogens (tertiary/aromatic N) is 3. The molecule has 2 aliphatic rings. The molecule has 2 aliphatic heterocycles. The number of hydrogen-bond donors (Lipinski definition) is 2. The molecule has 160 valence electrons. The van der Waals surface area contributed by atoms with E-state index in [0.29, 0.717) is 5.56 Å². The van der Waals surface area contributed by atoms with Crippen molar-refractivity contribution >= 4 is 34.7 Å². The molecule has 0 radical (unpaired) electrons. The molecule has 9 heteroatoms. The van der Waals surface area contributed by atoms with E-state index in [4.69, 9.17) is 0 Å². The van der Waals surface area contributed by atoms with Gasteiger partial charge < -0.3 is 5.32 Å². The van der Waals surface area contributed by atoms with E-state index in [9.17, 15) is 14.0 Å². The Kier molecular flexibility index (Phi) is 5.15. The van der Waals surface area contributed by atoms with Crippen LogP contribution in [-0.2, 0) is 17.8 Å². The van der Waals surface area contributed by atoms with Crippen LogP contribution in [0.2, 0.25) is 0 Å². The van der Waals surface area contributed by atoms with Gasteiger partial charge in [0.2, 0.25) is 0 Å². The van der Waals surface area contributed by atoms with E-state index in [1.165, 1.54) is 23.4 Å². The summed E-state index contributed by atoms with van der Waals surface area (Å²) in [6.45, 7) is 2.37. The smallest absolute Gasteiger partial charge is 0.322 e. The lowest BCUT2D eigenvalue weighted by atomic mass is 9.74. The zero-order valence-corrected chi connectivity index (χ0v) is 17.6. The monoisotopic (exact) mass is 439 g/mol. The SMILES string of the molecule is O=C1NC(=O)C(Cc2ccccc2F)(C2CCN(Cc3ccc4nsnc4c3)CC2)N1. The maximum Gasteiger partial charge on any atom is 0.322 e. The summed E-state index contributed by atoms with van der Waals surface area (Å²) in [5.74, 6) is -0.791. The van der Waals surface area contributed by atoms with Gasteiger partial charge >= 0.3 is 6.03 Å². The third-order valence-electron chi connectivity index (χ3n) is 6.40. The van der Waals surface area contributed by atoms with Crippen molar-refractivity contribution in [3.63, 3.8) is 0 Å². The Morgan fingerprint density at radius 3 is 2.61 bits per heavy atom. The van der Waals surface area contributed by atoms with Gasteiger partial charge in [0.15, 0.2) is 0 Å². The number of carbonyl (C=O) groups is 2. The van der Waals surface area contributed by atoms with E-state index >= 15 is 0 Å². The van der Waals surface area contributed by atoms with Crippen LogP contribution in [0.4, 0.5) is 9.18 Å². The summed E-state index contributed by atoms with van der Waals surface area (Å²) in [6.07, 6.45) is 1.63. The number of piperidine rings is 1. The van der Waals surface area contributed by atoms with E-state index in [1.807, 2.05) is 6.07 Å². The second kappa shape index (κ2) is 7.97. The average molecular weight is 440 g/mol. The molecule has 3 amide bonds. The van der Waals surface area contributed by atoms with E-state index < -0.39 is 11.6 Å². The third kappa shape index (κ3) is 3.79. The largest absolute Gasteiger partial charge is 0.323 e. The fraction of sp³-hybridized carbons (Fsp3) is 0.364. The zero-order valence-electron chi connectivity index (χ0n) is 16.8. The van der Waals surface area contributed by atoms with Crippen LogP contribution in [0.25, 0.3) is 11.0 Å². The molecular formula is C22H22FN5O2S. The number of fused-ring (bicyclic) bond motifs is 1. The van der Waals surface area contributed by atoms with Gasteiger partial charge in [0.05, 0.1) is 11.7 Å². The maximum atomic E-state index is 14.3. The summed E-state index contributed by atoms with van der Waals surface area (Å²) in [4.78, 5) is 27.2. The predicted molar refractivity (Wildman–Crippen MR) is 115 cm³/mol. The van der Waals surface area contributed by atoms with Crippen molar-refractivity contribution < 1.29 is 14.0 Å². The quantitative estimate of drug-likeness (QED) is 0.597. The van der Waals surface area contributed by atoms with Crippen molar-refractivity contribution in [2.45, 2.75) is 31.3 Å². The van der Waals surface area contributed by atoms with Gasteiger partial charge in [-0.3, -0.25) is 15.0 Å². The zero-order chi connectivity index (χ0) is 21.4. The number of imide groups is 1. The van der Waals surface area contributed by atoms with E-state index in [2.05, 4.69) is 36.4 Å². The molecule has 1 unspecified atom stereocenters. The minimum absolute atomic E-state index is 0.0694. The highest BCUT2D eigenvalue weighted by molar-refractivity contribution is 7.00. The molecule has 3 heterocycles. The van der Waals surface area contributed by atoms with Crippen molar-refractivity contribution in [1.29, 1.82) is 0 Å². The van der Waals surface area contributed by atoms with E-state index in [1.54, 1.807) is 18.2 Å². The molecule has 2 saturated heterocycles. The Hall–Kier alpha value is -2.91. The topological polar surface area (TPSA) is 87.2 Å². The van der Waals surface area contributed by atoms with Gasteiger partial charge in [-0.1, -0.05) is 24.3 Å². The van der Waals surface area contributed by atoms with Gasteiger partial charge in [-0.05, 0) is 61.2 Å². The standard InChI is InChI=1S/C22H22FN5O2S/c23-17-4-2-1-3-15(17)12-22(20(29)24-21(30)25-22)16-7-9-28(10-8-16)13-14-5-6-18-19(11-14)27-31-26-18/h1-6,11,16H,7-10,12-13H2,(H2,24,25,29,30). The molecule has 2 fully saturated rings. The summed E-state index contributed by atoms with van der Waals surface area (Å²) in [5, 5.41) is 5.22. The average Bonchev–Trinajstić information content (AvgIpc) is 3.34. The first-order valence-corrected chi connectivity index (χ1v) is 11.1. The van der Waals surface area contributed by atoms with Crippen LogP contribution in [0.1, 0.15) is 24.0 Å². The number of carbonyl (C=O) groups excluding carboxylic acids is 2. The first-order chi connectivity index (χ1) is 15.0. The molecule has 0 aliphatic carbocycles. The van der Waals surface area contributed by atoms with Crippen LogP contribution in [0.15, 0.2) is 42.5 Å². The number of hydrogen-bond acceptors (Lipinski definition) is 6. The first kappa shape index (κ1) is 20.0. The summed E-state index contributed by atoms with van der Waals surface area (Å²) >= 11 is 1.21. The Labute approximate surface area is 183 Å². The van der Waals surface area contributed by atoms with Gasteiger partial charge in [0.1, 0.15) is 22.4 Å². The van der Waals surface area contributed by atoms with Gasteiger partial charge in [-0.15, -0.1) is 0 Å². The summed E-state index contributed by atoms with van der Waals surface area (Å²) in [6, 6.07) is 12.0. The maximum absolute atomic E-state index is 14.3. The molecule has 1 aromatic heterocycles. The lowest BCUT2D eigenvalue weighted by molar-refractivity contribution is -0.126. The fourth-order valence-corrected chi connectivity index (χ4v) is 5.29. The molecule has 2 N–H and O–H groups in total. The van der Waals surface area contributed by atoms with Gasteiger partial charge in [0, 0.05) is 13.0 Å². The Balaban J connectivity index is 1.31. The lowest BCUT2D eigenvalue weighted by Gasteiger charge is -2.40. The number of benzene rings is 2. The highest BCUT2D eigenvalue weighted by atomic mass is 32.1. The Morgan fingerprint density at radius 2 is 1.87 bits per heavy atom. The van der Waals surface area contributed by atoms with Crippen LogP contribution < -0.4 is 10.6 Å². The highest BCUT2D eigenvalue weighted by Gasteiger charge is 2.52. The number of nitrogens with one attached hydrogen (secondary N) is 2. The molecular weight excluding hydrogens is 417 g/mol. The first-order valence-electron chi connectivity index (χ1n) is 10.3. The number of rotatable bonds is 5. The molecule has 0 spiro atoms. The molecule has 7 nitrogen and oxygen atoms in total. The minimum Gasteiger partial charge on any atom is -0.323 e. The molecule has 0 saturated carbocycles. The molecule has 1 atom stereocenters. The second-order valence-corrected chi connectivity index (χ2v) is 8.81. The van der Waals surface area contributed by atoms with Crippen LogP contribution in [-0.4, -0.2) is 44.2 Å². The van der Waals surface area contributed by atoms with Crippen molar-refractivity contribution in [2.24, 2.45) is 5.92 Å². The fourth-order valence-electron chi connectivity index (χ4n) is 4.77. The van der Waals surface area contributed by atoms with E-state index in [-0.39, 0.29) is 24.1 Å². The minimum atomic E-state index is -1.11. The number of halogens is 1. The van der Waals surface area contributed by atoms with E-state index in [0.717, 1.165) is 43.5 Å². The molecule has 5 rings (SSSR count). The molecule has 2 aromatic carbocycles. The Bertz CT molecular complexity index is 1140. The number of aromatic nitrogens is 2. The van der Waals surface area contributed by atoms with Crippen LogP contribution >= 0.6 is 11.7 Å². The van der Waals surface area contributed by atoms with Crippen molar-refractivity contribution in [3.8, 4) is 0 Å². The lowest BCUT2D eigenvalue weighted by Crippen LogP contribution is -2.57. The second-order valence-electron chi connectivity index (χ2n) is 8.29. The van der Waals surface area contributed by atoms with Gasteiger partial charge in [-0.2, -0.15) is 8.75 Å². The van der Waals surface area contributed by atoms with Gasteiger partial charge in [0.25, 0.3) is 5.91 Å². The third-order valence-corrected chi connectivity index (χ3v) is 6.96. The number of likely N-dealkylation sites (tertiary alicyclic amines) is 1. The molecule has 0 bridgehead atoms. The van der Waals surface area contributed by atoms with Gasteiger partial charge in [-0.25, -0.2) is 9.18 Å². The summed E-state index contributed by atoms with van der Waals surface area (Å²) in [7, 11) is 0. The van der Waals surface area contributed by atoms with Crippen LogP contribution in [0, 0.1) is 11.7 Å². The Morgan fingerprint density at radius 1 is 1.10 bits per heavy atom. The normalized spacial score (nSPS) is 22.6. The van der Waals surface area contributed by atoms with Crippen molar-refractivity contribution in [1.82, 2.24) is 24.3 Å². The van der Waals surface area contributed by atoms with Crippen molar-refractivity contribution in [3.05, 3.63) is 59.4 Å². The van der Waals surface area contributed by atoms with Crippen molar-refractivity contribution in [2.75, 3.05) is 13.1 Å². The summed E-state index contributed by atoms with van der Waals surface area (Å²) in [5.41, 5.74) is 2.31.